The molecule has 19 heavy (non-hydrogen) atoms. The lowest BCUT2D eigenvalue weighted by molar-refractivity contribution is 0.436. The van der Waals surface area contributed by atoms with E-state index in [1.165, 1.54) is 0 Å². The van der Waals surface area contributed by atoms with Crippen molar-refractivity contribution in [1.29, 1.82) is 0 Å². The lowest BCUT2D eigenvalue weighted by atomic mass is 10.0. The van der Waals surface area contributed by atoms with E-state index in [0.29, 0.717) is 11.6 Å². The van der Waals surface area contributed by atoms with Gasteiger partial charge < -0.3 is 10.3 Å². The molecule has 3 rings (SSSR count). The van der Waals surface area contributed by atoms with Gasteiger partial charge in [0.15, 0.2) is 11.6 Å². The molecule has 2 N–H and O–H groups in total. The molecule has 0 fully saturated rings. The third-order valence-corrected chi connectivity index (χ3v) is 3.25. The third-order valence-electron chi connectivity index (χ3n) is 2.76. The first kappa shape index (κ1) is 11.9. The van der Waals surface area contributed by atoms with E-state index >= 15 is 0 Å². The average molecular weight is 316 g/mol. The molecular formula is C14H10BrN3O. The van der Waals surface area contributed by atoms with Crippen molar-refractivity contribution in [2.45, 2.75) is 0 Å². The number of nitrogens with zero attached hydrogens (tertiary/aromatic N) is 2. The number of aromatic nitrogens is 2. The number of anilines is 1. The van der Waals surface area contributed by atoms with E-state index in [9.17, 15) is 0 Å². The molecule has 0 amide bonds. The fraction of sp³-hybridized carbons (Fsp3) is 0. The lowest BCUT2D eigenvalue weighted by Gasteiger charge is -2.02. The molecule has 0 radical (unpaired) electrons. The molecule has 5 heteroatoms. The number of benzene rings is 1. The van der Waals surface area contributed by atoms with Gasteiger partial charge >= 0.3 is 0 Å². The van der Waals surface area contributed by atoms with Crippen LogP contribution in [-0.2, 0) is 0 Å². The lowest BCUT2D eigenvalue weighted by Crippen LogP contribution is -1.89. The molecule has 2 heterocycles. The van der Waals surface area contributed by atoms with Gasteiger partial charge in [-0.05, 0) is 18.2 Å². The van der Waals surface area contributed by atoms with Crippen molar-refractivity contribution in [1.82, 2.24) is 10.1 Å². The van der Waals surface area contributed by atoms with Crippen molar-refractivity contribution < 1.29 is 4.52 Å². The molecular weight excluding hydrogens is 306 g/mol. The maximum absolute atomic E-state index is 5.90. The highest BCUT2D eigenvalue weighted by molar-refractivity contribution is 9.10. The number of nitrogens with two attached hydrogens (primary N) is 1. The van der Waals surface area contributed by atoms with Crippen molar-refractivity contribution in [3.63, 3.8) is 0 Å². The van der Waals surface area contributed by atoms with E-state index in [1.807, 2.05) is 36.4 Å². The Balaban J connectivity index is 2.19. The minimum absolute atomic E-state index is 0.364. The van der Waals surface area contributed by atoms with Gasteiger partial charge in [-0.1, -0.05) is 39.3 Å². The number of rotatable bonds is 2. The highest BCUT2D eigenvalue weighted by Gasteiger charge is 2.17. The van der Waals surface area contributed by atoms with Crippen molar-refractivity contribution in [3.8, 4) is 22.5 Å². The number of hydrogen-bond acceptors (Lipinski definition) is 4. The van der Waals surface area contributed by atoms with Crippen molar-refractivity contribution in [2.75, 3.05) is 5.73 Å². The summed E-state index contributed by atoms with van der Waals surface area (Å²) in [5.41, 5.74) is 8.47. The monoisotopic (exact) mass is 315 g/mol. The largest absolute Gasteiger partial charge is 0.380 e. The molecule has 94 valence electrons. The van der Waals surface area contributed by atoms with E-state index in [4.69, 9.17) is 10.3 Å². The topological polar surface area (TPSA) is 64.9 Å². The normalized spacial score (nSPS) is 10.6. The molecule has 3 aromatic rings. The molecule has 1 aromatic carbocycles. The molecule has 0 bridgehead atoms. The molecule has 2 aromatic heterocycles. The summed E-state index contributed by atoms with van der Waals surface area (Å²) < 4.78 is 6.34. The zero-order valence-corrected chi connectivity index (χ0v) is 11.5. The second-order valence-corrected chi connectivity index (χ2v) is 4.94. The van der Waals surface area contributed by atoms with Crippen LogP contribution in [0.5, 0.6) is 0 Å². The van der Waals surface area contributed by atoms with Crippen LogP contribution in [0.4, 0.5) is 5.82 Å². The molecule has 0 unspecified atom stereocenters. The Morgan fingerprint density at radius 2 is 1.95 bits per heavy atom. The van der Waals surface area contributed by atoms with Crippen molar-refractivity contribution in [3.05, 3.63) is 53.3 Å². The van der Waals surface area contributed by atoms with Crippen LogP contribution in [-0.4, -0.2) is 10.1 Å². The maximum atomic E-state index is 5.90. The molecule has 0 aliphatic carbocycles. The predicted molar refractivity (Wildman–Crippen MR) is 77.3 cm³/mol. The molecule has 0 spiro atoms. The number of pyridine rings is 1. The summed E-state index contributed by atoms with van der Waals surface area (Å²) in [7, 11) is 0. The maximum Gasteiger partial charge on any atom is 0.177 e. The van der Waals surface area contributed by atoms with E-state index < -0.39 is 0 Å². The van der Waals surface area contributed by atoms with Crippen LogP contribution in [0.3, 0.4) is 0 Å². The molecule has 0 saturated heterocycles. The van der Waals surface area contributed by atoms with E-state index in [-0.39, 0.29) is 0 Å². The minimum atomic E-state index is 0.364. The summed E-state index contributed by atoms with van der Waals surface area (Å²) in [4.78, 5) is 4.10. The molecule has 0 atom stereocenters. The van der Waals surface area contributed by atoms with Gasteiger partial charge in [0.05, 0.1) is 5.56 Å². The second kappa shape index (κ2) is 4.85. The van der Waals surface area contributed by atoms with Gasteiger partial charge in [-0.15, -0.1) is 0 Å². The Labute approximate surface area is 118 Å². The predicted octanol–water partition coefficient (Wildman–Crippen LogP) is 3.75. The fourth-order valence-corrected chi connectivity index (χ4v) is 2.32. The van der Waals surface area contributed by atoms with Crippen molar-refractivity contribution >= 4 is 21.7 Å². The van der Waals surface area contributed by atoms with Gasteiger partial charge in [0.1, 0.15) is 0 Å². The van der Waals surface area contributed by atoms with Crippen LogP contribution in [0.25, 0.3) is 22.5 Å². The number of hydrogen-bond donors (Lipinski definition) is 1. The van der Waals surface area contributed by atoms with Gasteiger partial charge in [-0.2, -0.15) is 0 Å². The molecule has 0 saturated carbocycles. The van der Waals surface area contributed by atoms with Crippen molar-refractivity contribution in [2.24, 2.45) is 0 Å². The summed E-state index contributed by atoms with van der Waals surface area (Å²) in [6.07, 6.45) is 3.45. The third kappa shape index (κ3) is 2.24. The van der Waals surface area contributed by atoms with Gasteiger partial charge in [-0.3, -0.25) is 4.98 Å². The van der Waals surface area contributed by atoms with Gasteiger partial charge in [0.25, 0.3) is 0 Å². The van der Waals surface area contributed by atoms with Gasteiger partial charge in [-0.25, -0.2) is 0 Å². The van der Waals surface area contributed by atoms with E-state index in [1.54, 1.807) is 12.4 Å². The second-order valence-electron chi connectivity index (χ2n) is 4.02. The quantitative estimate of drug-likeness (QED) is 0.782. The summed E-state index contributed by atoms with van der Waals surface area (Å²) in [5.74, 6) is 1.01. The highest BCUT2D eigenvalue weighted by atomic mass is 79.9. The van der Waals surface area contributed by atoms with Crippen LogP contribution in [0, 0.1) is 0 Å². The zero-order chi connectivity index (χ0) is 13.2. The number of nitrogen functional groups attached to an aromatic ring is 1. The summed E-state index contributed by atoms with van der Waals surface area (Å²) in [5, 5.41) is 3.86. The van der Waals surface area contributed by atoms with Gasteiger partial charge in [0, 0.05) is 28.0 Å². The minimum Gasteiger partial charge on any atom is -0.380 e. The summed E-state index contributed by atoms with van der Waals surface area (Å²) in [6, 6.07) is 11.6. The van der Waals surface area contributed by atoms with Gasteiger partial charge in [0.2, 0.25) is 0 Å². The summed E-state index contributed by atoms with van der Waals surface area (Å²) in [6.45, 7) is 0. The first-order chi connectivity index (χ1) is 9.25. The van der Waals surface area contributed by atoms with Crippen LogP contribution in [0.1, 0.15) is 0 Å². The Morgan fingerprint density at radius 3 is 2.68 bits per heavy atom. The Hall–Kier alpha value is -2.14. The standard InChI is InChI=1S/C14H10BrN3O/c15-11-5-1-3-9(7-11)13-12(14(16)18-19-13)10-4-2-6-17-8-10/h1-8H,(H2,16,18). The highest BCUT2D eigenvalue weighted by Crippen LogP contribution is 2.36. The Kier molecular flexibility index (Phi) is 3.05. The fourth-order valence-electron chi connectivity index (χ4n) is 1.92. The zero-order valence-electron chi connectivity index (χ0n) is 9.88. The Bertz CT molecular complexity index is 710. The van der Waals surface area contributed by atoms with Crippen LogP contribution < -0.4 is 5.73 Å². The number of halogens is 1. The average Bonchev–Trinajstić information content (AvgIpc) is 2.82. The summed E-state index contributed by atoms with van der Waals surface area (Å²) >= 11 is 3.44. The molecule has 0 aliphatic heterocycles. The first-order valence-corrected chi connectivity index (χ1v) is 6.46. The van der Waals surface area contributed by atoms with Crippen LogP contribution in [0.15, 0.2) is 57.8 Å². The van der Waals surface area contributed by atoms with Crippen LogP contribution in [0.2, 0.25) is 0 Å². The molecule has 4 nitrogen and oxygen atoms in total. The van der Waals surface area contributed by atoms with E-state index in [2.05, 4.69) is 26.1 Å². The Morgan fingerprint density at radius 1 is 1.11 bits per heavy atom. The van der Waals surface area contributed by atoms with E-state index in [0.717, 1.165) is 21.2 Å². The molecule has 0 aliphatic rings. The smallest absolute Gasteiger partial charge is 0.177 e. The van der Waals surface area contributed by atoms with Crippen LogP contribution >= 0.6 is 15.9 Å². The SMILES string of the molecule is Nc1noc(-c2cccc(Br)c2)c1-c1cccnc1. The first-order valence-electron chi connectivity index (χ1n) is 5.67.